The van der Waals surface area contributed by atoms with Gasteiger partial charge < -0.3 is 0 Å². The fourth-order valence-electron chi connectivity index (χ4n) is 1.37. The quantitative estimate of drug-likeness (QED) is 0.592. The third-order valence-electron chi connectivity index (χ3n) is 2.20. The highest BCUT2D eigenvalue weighted by molar-refractivity contribution is 5.47. The third-order valence-corrected chi connectivity index (χ3v) is 2.20. The van der Waals surface area contributed by atoms with Gasteiger partial charge in [0.15, 0.2) is 0 Å². The molecule has 0 aromatic carbocycles. The highest BCUT2D eigenvalue weighted by atomic mass is 16.1. The Labute approximate surface area is 75.4 Å². The SMILES string of the molecule is Cc1cc2c(=O)n(C)c(C)nn2c1. The zero-order valence-corrected chi connectivity index (χ0v) is 7.90. The predicted molar refractivity (Wildman–Crippen MR) is 49.9 cm³/mol. The molecule has 2 rings (SSSR count). The first kappa shape index (κ1) is 8.04. The first-order valence-corrected chi connectivity index (χ1v) is 4.12. The maximum atomic E-state index is 11.7. The van der Waals surface area contributed by atoms with Crippen LogP contribution in [0.3, 0.4) is 0 Å². The van der Waals surface area contributed by atoms with Crippen LogP contribution in [0.4, 0.5) is 0 Å². The molecule has 0 saturated carbocycles. The monoisotopic (exact) mass is 177 g/mol. The lowest BCUT2D eigenvalue weighted by molar-refractivity contribution is 0.718. The zero-order chi connectivity index (χ0) is 9.59. The Morgan fingerprint density at radius 2 is 2.08 bits per heavy atom. The van der Waals surface area contributed by atoms with E-state index in [4.69, 9.17) is 0 Å². The Kier molecular flexibility index (Phi) is 1.52. The van der Waals surface area contributed by atoms with Crippen molar-refractivity contribution >= 4 is 5.52 Å². The van der Waals surface area contributed by atoms with E-state index in [1.54, 1.807) is 16.1 Å². The Bertz CT molecular complexity index is 521. The molecule has 0 amide bonds. The van der Waals surface area contributed by atoms with Crippen molar-refractivity contribution in [3.8, 4) is 0 Å². The van der Waals surface area contributed by atoms with E-state index in [9.17, 15) is 4.79 Å². The second-order valence-corrected chi connectivity index (χ2v) is 3.26. The summed E-state index contributed by atoms with van der Waals surface area (Å²) < 4.78 is 3.18. The standard InChI is InChI=1S/C9H11N3O/c1-6-4-8-9(13)11(3)7(2)10-12(8)5-6/h4-5H,1-3H3. The molecule has 0 atom stereocenters. The molecule has 2 aromatic rings. The van der Waals surface area contributed by atoms with Gasteiger partial charge in [-0.1, -0.05) is 0 Å². The molecule has 4 nitrogen and oxygen atoms in total. The summed E-state index contributed by atoms with van der Waals surface area (Å²) in [5, 5.41) is 4.24. The van der Waals surface area contributed by atoms with E-state index in [0.717, 1.165) is 5.56 Å². The largest absolute Gasteiger partial charge is 0.297 e. The number of hydrogen-bond acceptors (Lipinski definition) is 2. The first-order valence-electron chi connectivity index (χ1n) is 4.12. The second-order valence-electron chi connectivity index (χ2n) is 3.26. The Morgan fingerprint density at radius 1 is 1.38 bits per heavy atom. The molecule has 68 valence electrons. The molecule has 2 heterocycles. The lowest BCUT2D eigenvalue weighted by atomic mass is 10.4. The number of rotatable bonds is 0. The summed E-state index contributed by atoms with van der Waals surface area (Å²) in [5.74, 6) is 0.716. The van der Waals surface area contributed by atoms with Crippen molar-refractivity contribution in [1.29, 1.82) is 0 Å². The van der Waals surface area contributed by atoms with E-state index in [-0.39, 0.29) is 5.56 Å². The molecular formula is C9H11N3O. The van der Waals surface area contributed by atoms with Gasteiger partial charge in [0, 0.05) is 13.2 Å². The van der Waals surface area contributed by atoms with Crippen molar-refractivity contribution < 1.29 is 0 Å². The van der Waals surface area contributed by atoms with Gasteiger partial charge >= 0.3 is 0 Å². The summed E-state index contributed by atoms with van der Waals surface area (Å²) in [6.07, 6.45) is 1.85. The van der Waals surface area contributed by atoms with Crippen LogP contribution in [0.5, 0.6) is 0 Å². The van der Waals surface area contributed by atoms with Crippen molar-refractivity contribution in [2.24, 2.45) is 7.05 Å². The zero-order valence-electron chi connectivity index (χ0n) is 7.90. The van der Waals surface area contributed by atoms with Crippen molar-refractivity contribution in [3.63, 3.8) is 0 Å². The van der Waals surface area contributed by atoms with Gasteiger partial charge in [-0.3, -0.25) is 9.36 Å². The molecule has 0 aliphatic heterocycles. The molecular weight excluding hydrogens is 166 g/mol. The van der Waals surface area contributed by atoms with Crippen LogP contribution in [0.15, 0.2) is 17.1 Å². The van der Waals surface area contributed by atoms with Gasteiger partial charge in [0.2, 0.25) is 0 Å². The number of hydrogen-bond donors (Lipinski definition) is 0. The van der Waals surface area contributed by atoms with Crippen LogP contribution in [-0.4, -0.2) is 14.2 Å². The predicted octanol–water partition coefficient (Wildman–Crippen LogP) is 0.650. The minimum atomic E-state index is 0.000556. The van der Waals surface area contributed by atoms with Crippen LogP contribution in [0.25, 0.3) is 5.52 Å². The van der Waals surface area contributed by atoms with Crippen molar-refractivity contribution in [2.75, 3.05) is 0 Å². The maximum absolute atomic E-state index is 11.7. The molecule has 0 bridgehead atoms. The Morgan fingerprint density at radius 3 is 2.77 bits per heavy atom. The van der Waals surface area contributed by atoms with Gasteiger partial charge in [-0.05, 0) is 25.5 Å². The lowest BCUT2D eigenvalue weighted by Gasteiger charge is -2.02. The minimum absolute atomic E-state index is 0.000556. The molecule has 0 fully saturated rings. The number of aromatic nitrogens is 3. The van der Waals surface area contributed by atoms with E-state index < -0.39 is 0 Å². The molecule has 0 aliphatic rings. The third kappa shape index (κ3) is 1.06. The van der Waals surface area contributed by atoms with Crippen LogP contribution in [-0.2, 0) is 7.05 Å². The van der Waals surface area contributed by atoms with E-state index in [2.05, 4.69) is 5.10 Å². The molecule has 0 saturated heterocycles. The van der Waals surface area contributed by atoms with Crippen LogP contribution in [0, 0.1) is 13.8 Å². The number of fused-ring (bicyclic) bond motifs is 1. The second kappa shape index (κ2) is 2.45. The van der Waals surface area contributed by atoms with Gasteiger partial charge in [-0.2, -0.15) is 5.10 Å². The van der Waals surface area contributed by atoms with Crippen molar-refractivity contribution in [3.05, 3.63) is 34.0 Å². The van der Waals surface area contributed by atoms with Crippen LogP contribution >= 0.6 is 0 Å². The molecule has 0 unspecified atom stereocenters. The van der Waals surface area contributed by atoms with Gasteiger partial charge in [0.05, 0.1) is 0 Å². The smallest absolute Gasteiger partial charge is 0.277 e. The summed E-state index contributed by atoms with van der Waals surface area (Å²) in [5.41, 5.74) is 1.68. The molecule has 0 N–H and O–H groups in total. The summed E-state index contributed by atoms with van der Waals surface area (Å²) in [6.45, 7) is 3.76. The van der Waals surface area contributed by atoms with Crippen molar-refractivity contribution in [2.45, 2.75) is 13.8 Å². The summed E-state index contributed by atoms with van der Waals surface area (Å²) in [7, 11) is 1.73. The molecule has 13 heavy (non-hydrogen) atoms. The van der Waals surface area contributed by atoms with Crippen LogP contribution in [0.2, 0.25) is 0 Å². The molecule has 4 heteroatoms. The van der Waals surface area contributed by atoms with Gasteiger partial charge in [0.1, 0.15) is 11.3 Å². The van der Waals surface area contributed by atoms with Crippen molar-refractivity contribution in [1.82, 2.24) is 14.2 Å². The highest BCUT2D eigenvalue weighted by Crippen LogP contribution is 2.02. The minimum Gasteiger partial charge on any atom is -0.297 e. The fourth-order valence-corrected chi connectivity index (χ4v) is 1.37. The van der Waals surface area contributed by atoms with E-state index in [1.807, 2.05) is 26.1 Å². The summed E-state index contributed by atoms with van der Waals surface area (Å²) in [4.78, 5) is 11.7. The van der Waals surface area contributed by atoms with Gasteiger partial charge in [-0.25, -0.2) is 4.52 Å². The van der Waals surface area contributed by atoms with Gasteiger partial charge in [-0.15, -0.1) is 0 Å². The molecule has 0 radical (unpaired) electrons. The summed E-state index contributed by atoms with van der Waals surface area (Å²) in [6, 6.07) is 1.84. The summed E-state index contributed by atoms with van der Waals surface area (Å²) >= 11 is 0. The van der Waals surface area contributed by atoms with Crippen LogP contribution in [0.1, 0.15) is 11.4 Å². The molecule has 0 spiro atoms. The van der Waals surface area contributed by atoms with E-state index in [1.165, 1.54) is 0 Å². The highest BCUT2D eigenvalue weighted by Gasteiger charge is 2.04. The molecule has 0 aliphatic carbocycles. The fraction of sp³-hybridized carbons (Fsp3) is 0.333. The Balaban J connectivity index is 3.01. The van der Waals surface area contributed by atoms with E-state index >= 15 is 0 Å². The van der Waals surface area contributed by atoms with Gasteiger partial charge in [0.25, 0.3) is 5.56 Å². The lowest BCUT2D eigenvalue weighted by Crippen LogP contribution is -2.22. The average molecular weight is 177 g/mol. The van der Waals surface area contributed by atoms with E-state index in [0.29, 0.717) is 11.3 Å². The number of aryl methyl sites for hydroxylation is 2. The first-order chi connectivity index (χ1) is 6.09. The number of nitrogens with zero attached hydrogens (tertiary/aromatic N) is 3. The Hall–Kier alpha value is -1.58. The normalized spacial score (nSPS) is 11.0. The molecule has 2 aromatic heterocycles. The topological polar surface area (TPSA) is 39.3 Å². The van der Waals surface area contributed by atoms with Crippen LogP contribution < -0.4 is 5.56 Å². The maximum Gasteiger partial charge on any atom is 0.277 e. The average Bonchev–Trinajstić information content (AvgIpc) is 2.42.